The number of carbonyl (C=O) groups excluding carboxylic acids is 1. The molecule has 0 aliphatic heterocycles. The van der Waals surface area contributed by atoms with Crippen LogP contribution in [0.2, 0.25) is 0 Å². The minimum Gasteiger partial charge on any atom is -0.399 e. The van der Waals surface area contributed by atoms with Crippen LogP contribution in [0.25, 0.3) is 0 Å². The van der Waals surface area contributed by atoms with Gasteiger partial charge < -0.3 is 10.6 Å². The van der Waals surface area contributed by atoms with Gasteiger partial charge in [-0.3, -0.25) is 14.7 Å². The zero-order valence-corrected chi connectivity index (χ0v) is 12.4. The first-order valence-electron chi connectivity index (χ1n) is 6.77. The molecular formula is C16H20N4O. The molecule has 1 aromatic carbocycles. The molecule has 5 nitrogen and oxygen atoms in total. The van der Waals surface area contributed by atoms with Crippen LogP contribution >= 0.6 is 0 Å². The number of hydrogen-bond acceptors (Lipinski definition) is 4. The largest absolute Gasteiger partial charge is 0.399 e. The lowest BCUT2D eigenvalue weighted by atomic mass is 10.2. The molecule has 2 aromatic rings. The van der Waals surface area contributed by atoms with E-state index in [0.717, 1.165) is 11.4 Å². The van der Waals surface area contributed by atoms with E-state index in [-0.39, 0.29) is 5.91 Å². The number of carbonyl (C=O) groups is 1. The fraction of sp³-hybridized carbons (Fsp3) is 0.250. The third-order valence-electron chi connectivity index (χ3n) is 3.22. The van der Waals surface area contributed by atoms with Crippen molar-refractivity contribution in [3.8, 4) is 0 Å². The summed E-state index contributed by atoms with van der Waals surface area (Å²) in [7, 11) is 3.67. The monoisotopic (exact) mass is 284 g/mol. The Morgan fingerprint density at radius 3 is 2.48 bits per heavy atom. The molecule has 110 valence electrons. The van der Waals surface area contributed by atoms with Gasteiger partial charge in [0.25, 0.3) is 0 Å². The molecular weight excluding hydrogens is 264 g/mol. The van der Waals surface area contributed by atoms with E-state index >= 15 is 0 Å². The number of hydrogen-bond donors (Lipinski definition) is 1. The van der Waals surface area contributed by atoms with Gasteiger partial charge in [-0.25, -0.2) is 0 Å². The summed E-state index contributed by atoms with van der Waals surface area (Å²) in [6.07, 6.45) is 1.76. The lowest BCUT2D eigenvalue weighted by Crippen LogP contribution is -2.36. The second-order valence-corrected chi connectivity index (χ2v) is 5.04. The molecule has 5 heteroatoms. The van der Waals surface area contributed by atoms with E-state index in [1.54, 1.807) is 30.3 Å². The average Bonchev–Trinajstić information content (AvgIpc) is 2.48. The normalized spacial score (nSPS) is 10.6. The molecule has 1 amide bonds. The topological polar surface area (TPSA) is 62.5 Å². The predicted octanol–water partition coefficient (Wildman–Crippen LogP) is 1.76. The SMILES string of the molecule is CN(CC(=O)N(C)c1ccc(N)cc1)Cc1ccccn1. The van der Waals surface area contributed by atoms with Gasteiger partial charge in [0, 0.05) is 31.2 Å². The first-order chi connectivity index (χ1) is 10.1. The summed E-state index contributed by atoms with van der Waals surface area (Å²) >= 11 is 0. The number of pyridine rings is 1. The highest BCUT2D eigenvalue weighted by molar-refractivity contribution is 5.94. The molecule has 0 bridgehead atoms. The van der Waals surface area contributed by atoms with Crippen molar-refractivity contribution in [1.82, 2.24) is 9.88 Å². The van der Waals surface area contributed by atoms with Crippen LogP contribution in [0.1, 0.15) is 5.69 Å². The Labute approximate surface area is 125 Å². The standard InChI is InChI=1S/C16H20N4O/c1-19(11-14-5-3-4-10-18-14)12-16(21)20(2)15-8-6-13(17)7-9-15/h3-10H,11-12,17H2,1-2H3. The first-order valence-corrected chi connectivity index (χ1v) is 6.77. The van der Waals surface area contributed by atoms with Crippen LogP contribution in [0, 0.1) is 0 Å². The number of benzene rings is 1. The third kappa shape index (κ3) is 4.29. The van der Waals surface area contributed by atoms with Gasteiger partial charge in [0.05, 0.1) is 12.2 Å². The van der Waals surface area contributed by atoms with E-state index in [0.29, 0.717) is 18.8 Å². The number of amides is 1. The quantitative estimate of drug-likeness (QED) is 0.850. The number of nitrogens with two attached hydrogens (primary N) is 1. The zero-order chi connectivity index (χ0) is 15.2. The fourth-order valence-corrected chi connectivity index (χ4v) is 2.00. The van der Waals surface area contributed by atoms with Gasteiger partial charge in [0.15, 0.2) is 0 Å². The molecule has 0 spiro atoms. The van der Waals surface area contributed by atoms with Gasteiger partial charge in [-0.15, -0.1) is 0 Å². The number of aromatic nitrogens is 1. The van der Waals surface area contributed by atoms with Crippen molar-refractivity contribution >= 4 is 17.3 Å². The molecule has 2 N–H and O–H groups in total. The van der Waals surface area contributed by atoms with E-state index in [1.807, 2.05) is 42.3 Å². The first kappa shape index (κ1) is 15.0. The van der Waals surface area contributed by atoms with Crippen LogP contribution in [0.3, 0.4) is 0 Å². The highest BCUT2D eigenvalue weighted by atomic mass is 16.2. The Hall–Kier alpha value is -2.40. The van der Waals surface area contributed by atoms with Crippen LogP contribution in [0.5, 0.6) is 0 Å². The van der Waals surface area contributed by atoms with Gasteiger partial charge in [0.2, 0.25) is 5.91 Å². The van der Waals surface area contributed by atoms with Gasteiger partial charge in [-0.1, -0.05) is 6.07 Å². The lowest BCUT2D eigenvalue weighted by molar-refractivity contribution is -0.119. The van der Waals surface area contributed by atoms with E-state index in [4.69, 9.17) is 5.73 Å². The van der Waals surface area contributed by atoms with Crippen molar-refractivity contribution in [3.05, 3.63) is 54.4 Å². The molecule has 1 aromatic heterocycles. The minimum atomic E-state index is 0.0261. The van der Waals surface area contributed by atoms with Gasteiger partial charge in [-0.05, 0) is 43.4 Å². The summed E-state index contributed by atoms with van der Waals surface area (Å²) < 4.78 is 0. The average molecular weight is 284 g/mol. The Balaban J connectivity index is 1.92. The summed E-state index contributed by atoms with van der Waals surface area (Å²) in [5.41, 5.74) is 8.12. The van der Waals surface area contributed by atoms with E-state index in [1.165, 1.54) is 0 Å². The summed E-state index contributed by atoms with van der Waals surface area (Å²) in [6, 6.07) is 13.0. The predicted molar refractivity (Wildman–Crippen MR) is 84.8 cm³/mol. The molecule has 0 radical (unpaired) electrons. The second-order valence-electron chi connectivity index (χ2n) is 5.04. The Bertz CT molecular complexity index is 583. The van der Waals surface area contributed by atoms with Crippen LogP contribution in [-0.4, -0.2) is 36.4 Å². The molecule has 0 atom stereocenters. The zero-order valence-electron chi connectivity index (χ0n) is 12.4. The fourth-order valence-electron chi connectivity index (χ4n) is 2.00. The molecule has 0 aliphatic rings. The summed E-state index contributed by atoms with van der Waals surface area (Å²) in [5, 5.41) is 0. The molecule has 0 saturated carbocycles. The van der Waals surface area contributed by atoms with Crippen molar-refractivity contribution in [2.75, 3.05) is 31.3 Å². The maximum Gasteiger partial charge on any atom is 0.240 e. The van der Waals surface area contributed by atoms with Crippen LogP contribution in [-0.2, 0) is 11.3 Å². The van der Waals surface area contributed by atoms with Crippen molar-refractivity contribution < 1.29 is 4.79 Å². The number of nitrogens with zero attached hydrogens (tertiary/aromatic N) is 3. The number of likely N-dealkylation sites (N-methyl/N-ethyl adjacent to an activating group) is 2. The maximum atomic E-state index is 12.3. The molecule has 1 heterocycles. The molecule has 21 heavy (non-hydrogen) atoms. The molecule has 2 rings (SSSR count). The van der Waals surface area contributed by atoms with Crippen LogP contribution in [0.15, 0.2) is 48.7 Å². The molecule has 0 saturated heterocycles. The second kappa shape index (κ2) is 6.85. The number of rotatable bonds is 5. The Kier molecular flexibility index (Phi) is 4.90. The van der Waals surface area contributed by atoms with E-state index in [2.05, 4.69) is 4.98 Å². The highest BCUT2D eigenvalue weighted by Crippen LogP contribution is 2.15. The van der Waals surface area contributed by atoms with Gasteiger partial charge in [0.1, 0.15) is 0 Å². The minimum absolute atomic E-state index is 0.0261. The van der Waals surface area contributed by atoms with Crippen molar-refractivity contribution in [2.24, 2.45) is 0 Å². The van der Waals surface area contributed by atoms with Crippen molar-refractivity contribution in [1.29, 1.82) is 0 Å². The van der Waals surface area contributed by atoms with E-state index in [9.17, 15) is 4.79 Å². The molecule has 0 aliphatic carbocycles. The summed E-state index contributed by atoms with van der Waals surface area (Å²) in [6.45, 7) is 0.972. The molecule has 0 unspecified atom stereocenters. The molecule has 0 fully saturated rings. The van der Waals surface area contributed by atoms with Crippen LogP contribution in [0.4, 0.5) is 11.4 Å². The Morgan fingerprint density at radius 2 is 1.86 bits per heavy atom. The third-order valence-corrected chi connectivity index (χ3v) is 3.22. The van der Waals surface area contributed by atoms with Gasteiger partial charge in [-0.2, -0.15) is 0 Å². The maximum absolute atomic E-state index is 12.3. The lowest BCUT2D eigenvalue weighted by Gasteiger charge is -2.22. The number of nitrogen functional groups attached to an aromatic ring is 1. The highest BCUT2D eigenvalue weighted by Gasteiger charge is 2.13. The summed E-state index contributed by atoms with van der Waals surface area (Å²) in [4.78, 5) is 20.1. The van der Waals surface area contributed by atoms with Crippen LogP contribution < -0.4 is 10.6 Å². The summed E-state index contributed by atoms with van der Waals surface area (Å²) in [5.74, 6) is 0.0261. The Morgan fingerprint density at radius 1 is 1.14 bits per heavy atom. The van der Waals surface area contributed by atoms with Gasteiger partial charge >= 0.3 is 0 Å². The smallest absolute Gasteiger partial charge is 0.240 e. The number of anilines is 2. The van der Waals surface area contributed by atoms with E-state index < -0.39 is 0 Å². The van der Waals surface area contributed by atoms with Crippen molar-refractivity contribution in [2.45, 2.75) is 6.54 Å². The van der Waals surface area contributed by atoms with Crippen molar-refractivity contribution in [3.63, 3.8) is 0 Å².